The van der Waals surface area contributed by atoms with Gasteiger partial charge in [-0.15, -0.1) is 0 Å². The molecule has 1 heterocycles. The third-order valence-electron chi connectivity index (χ3n) is 2.10. The molecule has 0 bridgehead atoms. The Morgan fingerprint density at radius 3 is 3.00 bits per heavy atom. The number of aromatic nitrogens is 2. The maximum atomic E-state index is 11.0. The number of fused-ring (bicyclic) bond motifs is 1. The molecule has 1 aromatic carbocycles. The first-order valence-electron chi connectivity index (χ1n) is 4.54. The van der Waals surface area contributed by atoms with Gasteiger partial charge in [-0.2, -0.15) is 0 Å². The zero-order valence-corrected chi connectivity index (χ0v) is 8.56. The van der Waals surface area contributed by atoms with Gasteiger partial charge in [-0.25, -0.2) is 4.63 Å². The molecular weight excluding hydrogens is 212 g/mol. The van der Waals surface area contributed by atoms with Crippen molar-refractivity contribution in [1.29, 1.82) is 0 Å². The number of nitrogen functional groups attached to an aromatic ring is 1. The first kappa shape index (κ1) is 10.2. The largest absolute Gasteiger partial charge is 0.468 e. The summed E-state index contributed by atoms with van der Waals surface area (Å²) in [6, 6.07) is 3.36. The third-order valence-corrected chi connectivity index (χ3v) is 2.10. The lowest BCUT2D eigenvalue weighted by atomic mass is 10.2. The van der Waals surface area contributed by atoms with Crippen LogP contribution in [0.1, 0.15) is 0 Å². The van der Waals surface area contributed by atoms with E-state index >= 15 is 0 Å². The van der Waals surface area contributed by atoms with Crippen molar-refractivity contribution < 1.29 is 14.2 Å². The maximum Gasteiger partial charge on any atom is 0.325 e. The molecule has 16 heavy (non-hydrogen) atoms. The van der Waals surface area contributed by atoms with E-state index in [1.807, 2.05) is 0 Å². The van der Waals surface area contributed by atoms with Gasteiger partial charge in [0.15, 0.2) is 11.0 Å². The number of benzene rings is 1. The average molecular weight is 222 g/mol. The molecule has 0 aliphatic rings. The molecule has 0 saturated heterocycles. The predicted octanol–water partition coefficient (Wildman–Crippen LogP) is 0.390. The van der Waals surface area contributed by atoms with E-state index in [-0.39, 0.29) is 12.5 Å². The van der Waals surface area contributed by atoms with E-state index in [1.54, 1.807) is 12.1 Å². The quantitative estimate of drug-likeness (QED) is 0.571. The number of esters is 1. The summed E-state index contributed by atoms with van der Waals surface area (Å²) in [6.45, 7) is 0.0440. The molecule has 0 saturated carbocycles. The minimum atomic E-state index is -0.374. The molecule has 0 aliphatic heterocycles. The normalized spacial score (nSPS) is 10.3. The highest BCUT2D eigenvalue weighted by Crippen LogP contribution is 2.24. The molecule has 0 unspecified atom stereocenters. The lowest BCUT2D eigenvalue weighted by Gasteiger charge is -2.05. The highest BCUT2D eigenvalue weighted by atomic mass is 16.6. The number of carbonyl (C=O) groups is 1. The van der Waals surface area contributed by atoms with Crippen LogP contribution in [-0.4, -0.2) is 29.9 Å². The topological polar surface area (TPSA) is 103 Å². The Balaban J connectivity index is 2.27. The van der Waals surface area contributed by atoms with Gasteiger partial charge in [-0.05, 0) is 22.4 Å². The summed E-state index contributed by atoms with van der Waals surface area (Å²) in [6.07, 6.45) is 0. The number of nitrogens with one attached hydrogen (secondary N) is 1. The zero-order chi connectivity index (χ0) is 11.5. The number of hydrogen-bond acceptors (Lipinski definition) is 7. The first-order chi connectivity index (χ1) is 7.72. The van der Waals surface area contributed by atoms with Crippen LogP contribution in [0.2, 0.25) is 0 Å². The molecule has 84 valence electrons. The fraction of sp³-hybridized carbons (Fsp3) is 0.222. The number of methoxy groups -OCH3 is 1. The highest BCUT2D eigenvalue weighted by molar-refractivity contribution is 5.95. The van der Waals surface area contributed by atoms with E-state index in [1.165, 1.54) is 7.11 Å². The second-order valence-electron chi connectivity index (χ2n) is 3.09. The Morgan fingerprint density at radius 1 is 1.50 bits per heavy atom. The lowest BCUT2D eigenvalue weighted by molar-refractivity contribution is -0.138. The Hall–Kier alpha value is -2.31. The number of carbonyl (C=O) groups excluding carboxylic acids is 1. The molecule has 1 aromatic heterocycles. The lowest BCUT2D eigenvalue weighted by Crippen LogP contribution is -2.15. The molecule has 2 rings (SSSR count). The van der Waals surface area contributed by atoms with Crippen molar-refractivity contribution in [2.24, 2.45) is 0 Å². The second kappa shape index (κ2) is 4.05. The first-order valence-corrected chi connectivity index (χ1v) is 4.54. The van der Waals surface area contributed by atoms with Crippen LogP contribution in [0.5, 0.6) is 0 Å². The summed E-state index contributed by atoms with van der Waals surface area (Å²) < 4.78 is 9.09. The van der Waals surface area contributed by atoms with Crippen LogP contribution in [0.25, 0.3) is 11.0 Å². The molecule has 7 nitrogen and oxygen atoms in total. The summed E-state index contributed by atoms with van der Waals surface area (Å²) in [5.41, 5.74) is 7.72. The van der Waals surface area contributed by atoms with Gasteiger partial charge < -0.3 is 15.8 Å². The Morgan fingerprint density at radius 2 is 2.25 bits per heavy atom. The van der Waals surface area contributed by atoms with Crippen molar-refractivity contribution in [1.82, 2.24) is 10.3 Å². The van der Waals surface area contributed by atoms with Crippen molar-refractivity contribution in [3.05, 3.63) is 12.1 Å². The van der Waals surface area contributed by atoms with Gasteiger partial charge in [0.05, 0.1) is 18.5 Å². The minimum Gasteiger partial charge on any atom is -0.468 e. The number of hydrogen-bond donors (Lipinski definition) is 2. The van der Waals surface area contributed by atoms with Crippen LogP contribution in [0.3, 0.4) is 0 Å². The van der Waals surface area contributed by atoms with E-state index in [0.717, 1.165) is 0 Å². The van der Waals surface area contributed by atoms with Crippen LogP contribution >= 0.6 is 0 Å². The molecule has 0 spiro atoms. The fourth-order valence-electron chi connectivity index (χ4n) is 1.27. The fourth-order valence-corrected chi connectivity index (χ4v) is 1.27. The van der Waals surface area contributed by atoms with Crippen molar-refractivity contribution in [3.63, 3.8) is 0 Å². The molecule has 2 aromatic rings. The van der Waals surface area contributed by atoms with Gasteiger partial charge >= 0.3 is 5.97 Å². The van der Waals surface area contributed by atoms with Crippen LogP contribution in [0, 0.1) is 0 Å². The summed E-state index contributed by atoms with van der Waals surface area (Å²) in [4.78, 5) is 11.0. The number of ether oxygens (including phenoxy) is 1. The minimum absolute atomic E-state index is 0.0440. The average Bonchev–Trinajstić information content (AvgIpc) is 2.77. The van der Waals surface area contributed by atoms with E-state index in [9.17, 15) is 4.79 Å². The third kappa shape index (κ3) is 1.74. The van der Waals surface area contributed by atoms with Crippen molar-refractivity contribution in [2.75, 3.05) is 24.7 Å². The number of rotatable bonds is 3. The van der Waals surface area contributed by atoms with Gasteiger partial charge in [0, 0.05) is 0 Å². The van der Waals surface area contributed by atoms with E-state index < -0.39 is 0 Å². The predicted molar refractivity (Wildman–Crippen MR) is 56.7 cm³/mol. The SMILES string of the molecule is COC(=O)CNc1ccc(N)c2nonc12. The Labute approximate surface area is 90.5 Å². The molecular formula is C9H10N4O3. The Kier molecular flexibility index (Phi) is 2.59. The number of nitrogens with zero attached hydrogens (tertiary/aromatic N) is 2. The molecule has 3 N–H and O–H groups in total. The summed E-state index contributed by atoms with van der Waals surface area (Å²) in [5.74, 6) is -0.374. The van der Waals surface area contributed by atoms with E-state index in [2.05, 4.69) is 25.0 Å². The maximum absolute atomic E-state index is 11.0. The van der Waals surface area contributed by atoms with Crippen LogP contribution in [0.15, 0.2) is 16.8 Å². The zero-order valence-electron chi connectivity index (χ0n) is 8.56. The molecule has 7 heteroatoms. The number of anilines is 2. The van der Waals surface area contributed by atoms with Gasteiger partial charge in [-0.1, -0.05) is 0 Å². The molecule has 0 radical (unpaired) electrons. The highest BCUT2D eigenvalue weighted by Gasteiger charge is 2.10. The van der Waals surface area contributed by atoms with Crippen molar-refractivity contribution in [3.8, 4) is 0 Å². The second-order valence-corrected chi connectivity index (χ2v) is 3.09. The molecule has 0 aliphatic carbocycles. The van der Waals surface area contributed by atoms with Crippen LogP contribution in [-0.2, 0) is 9.53 Å². The van der Waals surface area contributed by atoms with Crippen molar-refractivity contribution in [2.45, 2.75) is 0 Å². The van der Waals surface area contributed by atoms with Gasteiger partial charge in [0.1, 0.15) is 6.54 Å². The number of nitrogens with two attached hydrogens (primary N) is 1. The molecule has 0 fully saturated rings. The molecule has 0 atom stereocenters. The summed E-state index contributed by atoms with van der Waals surface area (Å²) in [5, 5.41) is 10.2. The van der Waals surface area contributed by atoms with Crippen LogP contribution in [0.4, 0.5) is 11.4 Å². The standard InChI is InChI=1S/C9H10N4O3/c1-15-7(14)4-11-6-3-2-5(10)8-9(6)13-16-12-8/h2-3,11H,4,10H2,1H3. The summed E-state index contributed by atoms with van der Waals surface area (Å²) >= 11 is 0. The Bertz CT molecular complexity index is 522. The monoisotopic (exact) mass is 222 g/mol. The molecule has 0 amide bonds. The summed E-state index contributed by atoms with van der Waals surface area (Å²) in [7, 11) is 1.32. The van der Waals surface area contributed by atoms with E-state index in [0.29, 0.717) is 22.4 Å². The van der Waals surface area contributed by atoms with Crippen LogP contribution < -0.4 is 11.1 Å². The van der Waals surface area contributed by atoms with E-state index in [4.69, 9.17) is 5.73 Å². The van der Waals surface area contributed by atoms with Gasteiger partial charge in [-0.3, -0.25) is 4.79 Å². The smallest absolute Gasteiger partial charge is 0.325 e. The van der Waals surface area contributed by atoms with Crippen molar-refractivity contribution >= 4 is 28.4 Å². The van der Waals surface area contributed by atoms with Gasteiger partial charge in [0.2, 0.25) is 0 Å². The van der Waals surface area contributed by atoms with Gasteiger partial charge in [0.25, 0.3) is 0 Å².